The lowest BCUT2D eigenvalue weighted by Gasteiger charge is -2.44. The van der Waals surface area contributed by atoms with Crippen LogP contribution in [-0.2, 0) is 4.74 Å². The molecule has 1 aromatic rings. The van der Waals surface area contributed by atoms with Gasteiger partial charge in [-0.05, 0) is 44.4 Å². The Balaban J connectivity index is 2.20. The van der Waals surface area contributed by atoms with Gasteiger partial charge in [-0.2, -0.15) is 0 Å². The van der Waals surface area contributed by atoms with Gasteiger partial charge < -0.3 is 9.84 Å². The van der Waals surface area contributed by atoms with Crippen LogP contribution in [0.3, 0.4) is 0 Å². The van der Waals surface area contributed by atoms with Crippen LogP contribution in [0.25, 0.3) is 0 Å². The van der Waals surface area contributed by atoms with Crippen molar-refractivity contribution in [3.05, 3.63) is 34.9 Å². The van der Waals surface area contributed by atoms with Gasteiger partial charge in [0.2, 0.25) is 0 Å². The highest BCUT2D eigenvalue weighted by atomic mass is 16.5. The van der Waals surface area contributed by atoms with Gasteiger partial charge >= 0.3 is 0 Å². The number of hydrogen-bond acceptors (Lipinski definition) is 3. The van der Waals surface area contributed by atoms with Crippen molar-refractivity contribution in [2.45, 2.75) is 39.3 Å². The van der Waals surface area contributed by atoms with E-state index in [0.29, 0.717) is 0 Å². The molecule has 0 amide bonds. The van der Waals surface area contributed by atoms with E-state index in [1.807, 2.05) is 6.07 Å². The van der Waals surface area contributed by atoms with E-state index >= 15 is 0 Å². The van der Waals surface area contributed by atoms with Crippen LogP contribution in [0.1, 0.15) is 36.6 Å². The topological polar surface area (TPSA) is 32.7 Å². The standard InChI is InChI=1S/C16H25NO2/c1-12-5-6-14(11-13(12)2)15(18)16(3,4)17-7-9-19-10-8-17/h5-6,11,15,18H,7-10H2,1-4H3. The normalized spacial score (nSPS) is 19.4. The minimum Gasteiger partial charge on any atom is -0.386 e. The van der Waals surface area contributed by atoms with Crippen LogP contribution in [0.5, 0.6) is 0 Å². The zero-order valence-corrected chi connectivity index (χ0v) is 12.4. The molecule has 3 nitrogen and oxygen atoms in total. The zero-order valence-electron chi connectivity index (χ0n) is 12.4. The van der Waals surface area contributed by atoms with Crippen molar-refractivity contribution in [2.75, 3.05) is 26.3 Å². The number of aliphatic hydroxyl groups is 1. The molecular formula is C16H25NO2. The molecule has 1 fully saturated rings. The first-order chi connectivity index (χ1) is 8.93. The molecule has 1 saturated heterocycles. The summed E-state index contributed by atoms with van der Waals surface area (Å²) in [6.45, 7) is 11.7. The maximum absolute atomic E-state index is 10.7. The number of rotatable bonds is 3. The molecule has 0 saturated carbocycles. The van der Waals surface area contributed by atoms with Crippen LogP contribution in [0, 0.1) is 13.8 Å². The lowest BCUT2D eigenvalue weighted by molar-refractivity contribution is -0.0630. The highest BCUT2D eigenvalue weighted by molar-refractivity contribution is 5.32. The van der Waals surface area contributed by atoms with Gasteiger partial charge in [-0.1, -0.05) is 18.2 Å². The molecule has 1 aromatic carbocycles. The second-order valence-electron chi connectivity index (χ2n) is 6.00. The monoisotopic (exact) mass is 263 g/mol. The molecule has 1 aliphatic rings. The predicted octanol–water partition coefficient (Wildman–Crippen LogP) is 2.45. The van der Waals surface area contributed by atoms with Gasteiger partial charge in [-0.3, -0.25) is 4.90 Å². The molecule has 1 unspecified atom stereocenters. The van der Waals surface area contributed by atoms with Crippen molar-refractivity contribution < 1.29 is 9.84 Å². The number of aryl methyl sites for hydroxylation is 2. The Morgan fingerprint density at radius 3 is 2.37 bits per heavy atom. The van der Waals surface area contributed by atoms with Gasteiger partial charge in [0, 0.05) is 18.6 Å². The van der Waals surface area contributed by atoms with E-state index in [4.69, 9.17) is 4.74 Å². The maximum atomic E-state index is 10.7. The minimum absolute atomic E-state index is 0.272. The Morgan fingerprint density at radius 1 is 1.16 bits per heavy atom. The third-order valence-electron chi connectivity index (χ3n) is 4.34. The Labute approximate surface area is 116 Å². The summed E-state index contributed by atoms with van der Waals surface area (Å²) in [4.78, 5) is 2.32. The van der Waals surface area contributed by atoms with Crippen molar-refractivity contribution in [3.63, 3.8) is 0 Å². The zero-order chi connectivity index (χ0) is 14.0. The lowest BCUT2D eigenvalue weighted by atomic mass is 9.88. The largest absolute Gasteiger partial charge is 0.386 e. The first-order valence-corrected chi connectivity index (χ1v) is 7.01. The van der Waals surface area contributed by atoms with Gasteiger partial charge in [0.25, 0.3) is 0 Å². The molecule has 0 radical (unpaired) electrons. The SMILES string of the molecule is Cc1ccc(C(O)C(C)(C)N2CCOCC2)cc1C. The van der Waals surface area contributed by atoms with Gasteiger partial charge in [-0.25, -0.2) is 0 Å². The average Bonchev–Trinajstić information content (AvgIpc) is 2.42. The smallest absolute Gasteiger partial charge is 0.0968 e. The molecule has 3 heteroatoms. The van der Waals surface area contributed by atoms with Crippen molar-refractivity contribution in [1.29, 1.82) is 0 Å². The summed E-state index contributed by atoms with van der Waals surface area (Å²) in [5.74, 6) is 0. The molecule has 106 valence electrons. The fraction of sp³-hybridized carbons (Fsp3) is 0.625. The second-order valence-corrected chi connectivity index (χ2v) is 6.00. The number of nitrogens with zero attached hydrogens (tertiary/aromatic N) is 1. The van der Waals surface area contributed by atoms with Crippen LogP contribution in [0.15, 0.2) is 18.2 Å². The van der Waals surface area contributed by atoms with E-state index < -0.39 is 6.10 Å². The number of ether oxygens (including phenoxy) is 1. The van der Waals surface area contributed by atoms with E-state index in [9.17, 15) is 5.11 Å². The van der Waals surface area contributed by atoms with E-state index in [1.165, 1.54) is 11.1 Å². The Morgan fingerprint density at radius 2 is 1.79 bits per heavy atom. The second kappa shape index (κ2) is 5.61. The summed E-state index contributed by atoms with van der Waals surface area (Å²) in [5.41, 5.74) is 3.22. The number of aliphatic hydroxyl groups excluding tert-OH is 1. The molecule has 0 aromatic heterocycles. The van der Waals surface area contributed by atoms with E-state index in [1.54, 1.807) is 0 Å². The van der Waals surface area contributed by atoms with Crippen LogP contribution in [0.4, 0.5) is 0 Å². The summed E-state index contributed by atoms with van der Waals surface area (Å²) in [6, 6.07) is 6.22. The first-order valence-electron chi connectivity index (χ1n) is 7.01. The number of hydrogen-bond donors (Lipinski definition) is 1. The average molecular weight is 263 g/mol. The summed E-state index contributed by atoms with van der Waals surface area (Å²) < 4.78 is 5.39. The van der Waals surface area contributed by atoms with Crippen LogP contribution in [0.2, 0.25) is 0 Å². The van der Waals surface area contributed by atoms with Crippen LogP contribution in [-0.4, -0.2) is 41.8 Å². The van der Waals surface area contributed by atoms with Crippen molar-refractivity contribution in [2.24, 2.45) is 0 Å². The van der Waals surface area contributed by atoms with Gasteiger partial charge in [0.15, 0.2) is 0 Å². The molecule has 0 bridgehead atoms. The van der Waals surface area contributed by atoms with Gasteiger partial charge in [0.05, 0.1) is 19.3 Å². The fourth-order valence-electron chi connectivity index (χ4n) is 2.66. The summed E-state index contributed by atoms with van der Waals surface area (Å²) in [5, 5.41) is 10.7. The quantitative estimate of drug-likeness (QED) is 0.909. The third kappa shape index (κ3) is 2.99. The number of benzene rings is 1. The molecule has 1 heterocycles. The maximum Gasteiger partial charge on any atom is 0.0968 e. The van der Waals surface area contributed by atoms with Crippen molar-refractivity contribution in [3.8, 4) is 0 Å². The molecule has 2 rings (SSSR count). The molecule has 1 atom stereocenters. The van der Waals surface area contributed by atoms with Crippen LogP contribution < -0.4 is 0 Å². The Bertz CT molecular complexity index is 436. The molecule has 1 aliphatic heterocycles. The van der Waals surface area contributed by atoms with Gasteiger partial charge in [0.1, 0.15) is 0 Å². The summed E-state index contributed by atoms with van der Waals surface area (Å²) >= 11 is 0. The predicted molar refractivity (Wildman–Crippen MR) is 77.3 cm³/mol. The summed E-state index contributed by atoms with van der Waals surface area (Å²) in [6.07, 6.45) is -0.482. The first kappa shape index (κ1) is 14.5. The van der Waals surface area contributed by atoms with Crippen molar-refractivity contribution in [1.82, 2.24) is 4.90 Å². The molecule has 19 heavy (non-hydrogen) atoms. The lowest BCUT2D eigenvalue weighted by Crippen LogP contribution is -2.53. The highest BCUT2D eigenvalue weighted by Gasteiger charge is 2.36. The molecular weight excluding hydrogens is 238 g/mol. The van der Waals surface area contributed by atoms with Crippen LogP contribution >= 0.6 is 0 Å². The minimum atomic E-state index is -0.482. The Kier molecular flexibility index (Phi) is 4.29. The molecule has 0 spiro atoms. The van der Waals surface area contributed by atoms with E-state index in [2.05, 4.69) is 44.7 Å². The van der Waals surface area contributed by atoms with E-state index in [0.717, 1.165) is 31.9 Å². The number of morpholine rings is 1. The Hall–Kier alpha value is -0.900. The highest BCUT2D eigenvalue weighted by Crippen LogP contribution is 2.32. The molecule has 1 N–H and O–H groups in total. The molecule has 0 aliphatic carbocycles. The fourth-order valence-corrected chi connectivity index (χ4v) is 2.66. The third-order valence-corrected chi connectivity index (χ3v) is 4.34. The summed E-state index contributed by atoms with van der Waals surface area (Å²) in [7, 11) is 0. The van der Waals surface area contributed by atoms with Crippen molar-refractivity contribution >= 4 is 0 Å². The van der Waals surface area contributed by atoms with Gasteiger partial charge in [-0.15, -0.1) is 0 Å². The van der Waals surface area contributed by atoms with E-state index in [-0.39, 0.29) is 5.54 Å².